The molecule has 0 radical (unpaired) electrons. The minimum absolute atomic E-state index is 0.344. The maximum absolute atomic E-state index is 5.83. The SMILES string of the molecule is CCCCCCC(C)OCCn1cc(CNCCC)nn1. The second-order valence-electron chi connectivity index (χ2n) is 5.68. The van der Waals surface area contributed by atoms with Crippen molar-refractivity contribution in [1.29, 1.82) is 0 Å². The number of hydrogen-bond acceptors (Lipinski definition) is 4. The van der Waals surface area contributed by atoms with E-state index in [-0.39, 0.29) is 0 Å². The molecule has 1 atom stereocenters. The largest absolute Gasteiger partial charge is 0.377 e. The van der Waals surface area contributed by atoms with Crippen LogP contribution in [0.3, 0.4) is 0 Å². The summed E-state index contributed by atoms with van der Waals surface area (Å²) in [4.78, 5) is 0. The minimum Gasteiger partial charge on any atom is -0.377 e. The highest BCUT2D eigenvalue weighted by Crippen LogP contribution is 2.07. The quantitative estimate of drug-likeness (QED) is 0.568. The Morgan fingerprint density at radius 3 is 2.86 bits per heavy atom. The van der Waals surface area contributed by atoms with Gasteiger partial charge in [-0.3, -0.25) is 0 Å². The highest BCUT2D eigenvalue weighted by Gasteiger charge is 2.04. The summed E-state index contributed by atoms with van der Waals surface area (Å²) in [5.41, 5.74) is 0.996. The second-order valence-corrected chi connectivity index (χ2v) is 5.68. The average molecular weight is 296 g/mol. The normalized spacial score (nSPS) is 12.7. The van der Waals surface area contributed by atoms with Crippen molar-refractivity contribution in [2.75, 3.05) is 13.2 Å². The summed E-state index contributed by atoms with van der Waals surface area (Å²) in [7, 11) is 0. The van der Waals surface area contributed by atoms with Gasteiger partial charge in [0.15, 0.2) is 0 Å². The molecule has 1 unspecified atom stereocenters. The molecule has 0 aliphatic rings. The molecule has 0 spiro atoms. The number of ether oxygens (including phenoxy) is 1. The molecule has 5 heteroatoms. The molecule has 1 heterocycles. The summed E-state index contributed by atoms with van der Waals surface area (Å²) in [5, 5.41) is 11.6. The van der Waals surface area contributed by atoms with E-state index in [1.807, 2.05) is 10.9 Å². The summed E-state index contributed by atoms with van der Waals surface area (Å²) in [6, 6.07) is 0. The van der Waals surface area contributed by atoms with Gasteiger partial charge in [0.1, 0.15) is 0 Å². The lowest BCUT2D eigenvalue weighted by atomic mass is 10.1. The van der Waals surface area contributed by atoms with Gasteiger partial charge in [-0.1, -0.05) is 44.7 Å². The van der Waals surface area contributed by atoms with Crippen LogP contribution in [0.2, 0.25) is 0 Å². The fourth-order valence-electron chi connectivity index (χ4n) is 2.21. The van der Waals surface area contributed by atoms with E-state index in [4.69, 9.17) is 4.74 Å². The molecule has 0 fully saturated rings. The van der Waals surface area contributed by atoms with Crippen LogP contribution in [0.4, 0.5) is 0 Å². The fourth-order valence-corrected chi connectivity index (χ4v) is 2.21. The van der Waals surface area contributed by atoms with Crippen molar-refractivity contribution in [3.05, 3.63) is 11.9 Å². The van der Waals surface area contributed by atoms with Gasteiger partial charge in [-0.15, -0.1) is 5.10 Å². The van der Waals surface area contributed by atoms with Crippen LogP contribution in [0.25, 0.3) is 0 Å². The van der Waals surface area contributed by atoms with Crippen molar-refractivity contribution in [1.82, 2.24) is 20.3 Å². The highest BCUT2D eigenvalue weighted by molar-refractivity contribution is 4.91. The van der Waals surface area contributed by atoms with Crippen LogP contribution in [0, 0.1) is 0 Å². The van der Waals surface area contributed by atoms with Gasteiger partial charge in [0, 0.05) is 12.7 Å². The standard InChI is InChI=1S/C16H32N4O/c1-4-6-7-8-9-15(3)21-12-11-20-14-16(18-19-20)13-17-10-5-2/h14-15,17H,4-13H2,1-3H3. The summed E-state index contributed by atoms with van der Waals surface area (Å²) in [6.07, 6.45) is 9.85. The molecule has 5 nitrogen and oxygen atoms in total. The van der Waals surface area contributed by atoms with Crippen molar-refractivity contribution in [2.45, 2.75) is 78.5 Å². The van der Waals surface area contributed by atoms with Crippen molar-refractivity contribution in [3.63, 3.8) is 0 Å². The second kappa shape index (κ2) is 11.7. The van der Waals surface area contributed by atoms with Gasteiger partial charge in [-0.05, 0) is 26.3 Å². The first-order chi connectivity index (χ1) is 10.3. The maximum atomic E-state index is 5.83. The predicted octanol–water partition coefficient (Wildman–Crippen LogP) is 3.15. The lowest BCUT2D eigenvalue weighted by Gasteiger charge is -2.12. The molecule has 1 N–H and O–H groups in total. The lowest BCUT2D eigenvalue weighted by Crippen LogP contribution is -2.14. The first kappa shape index (κ1) is 18.1. The number of unbranched alkanes of at least 4 members (excludes halogenated alkanes) is 3. The monoisotopic (exact) mass is 296 g/mol. The number of nitrogens with one attached hydrogen (secondary N) is 1. The van der Waals surface area contributed by atoms with Crippen LogP contribution in [-0.2, 0) is 17.8 Å². The Bertz CT molecular complexity index is 354. The van der Waals surface area contributed by atoms with Crippen molar-refractivity contribution in [2.24, 2.45) is 0 Å². The van der Waals surface area contributed by atoms with Gasteiger partial charge in [0.2, 0.25) is 0 Å². The molecule has 0 aromatic carbocycles. The summed E-state index contributed by atoms with van der Waals surface area (Å²) >= 11 is 0. The third-order valence-corrected chi connectivity index (χ3v) is 3.51. The van der Waals surface area contributed by atoms with E-state index in [0.717, 1.165) is 38.2 Å². The molecule has 0 bridgehead atoms. The van der Waals surface area contributed by atoms with E-state index in [9.17, 15) is 0 Å². The zero-order valence-corrected chi connectivity index (χ0v) is 14.0. The van der Waals surface area contributed by atoms with Gasteiger partial charge in [-0.2, -0.15) is 0 Å². The number of rotatable bonds is 13. The molecule has 0 amide bonds. The molecule has 0 saturated heterocycles. The number of nitrogens with zero attached hydrogens (tertiary/aromatic N) is 3. The Labute approximate surface area is 129 Å². The van der Waals surface area contributed by atoms with Crippen LogP contribution in [0.5, 0.6) is 0 Å². The van der Waals surface area contributed by atoms with Crippen molar-refractivity contribution >= 4 is 0 Å². The van der Waals surface area contributed by atoms with Gasteiger partial charge in [-0.25, -0.2) is 4.68 Å². The van der Waals surface area contributed by atoms with Crippen LogP contribution in [0.1, 0.15) is 65.0 Å². The number of hydrogen-bond donors (Lipinski definition) is 1. The molecule has 122 valence electrons. The van der Waals surface area contributed by atoms with E-state index < -0.39 is 0 Å². The summed E-state index contributed by atoms with van der Waals surface area (Å²) in [5.74, 6) is 0. The van der Waals surface area contributed by atoms with E-state index in [2.05, 4.69) is 36.4 Å². The van der Waals surface area contributed by atoms with Crippen LogP contribution in [-0.4, -0.2) is 34.2 Å². The molecular formula is C16H32N4O. The molecule has 1 rings (SSSR count). The topological polar surface area (TPSA) is 52.0 Å². The Hall–Kier alpha value is -0.940. The molecule has 0 aliphatic heterocycles. The Kier molecular flexibility index (Phi) is 10.1. The minimum atomic E-state index is 0.344. The molecular weight excluding hydrogens is 264 g/mol. The Morgan fingerprint density at radius 1 is 1.24 bits per heavy atom. The van der Waals surface area contributed by atoms with Gasteiger partial charge in [0.05, 0.1) is 24.9 Å². The maximum Gasteiger partial charge on any atom is 0.0964 e. The van der Waals surface area contributed by atoms with Crippen molar-refractivity contribution < 1.29 is 4.74 Å². The predicted molar refractivity (Wildman–Crippen MR) is 86.2 cm³/mol. The first-order valence-electron chi connectivity index (χ1n) is 8.47. The Balaban J connectivity index is 2.09. The lowest BCUT2D eigenvalue weighted by molar-refractivity contribution is 0.0513. The molecule has 1 aromatic heterocycles. The Morgan fingerprint density at radius 2 is 2.10 bits per heavy atom. The van der Waals surface area contributed by atoms with Gasteiger partial charge in [0.25, 0.3) is 0 Å². The van der Waals surface area contributed by atoms with Crippen LogP contribution < -0.4 is 5.32 Å². The molecule has 0 aliphatic carbocycles. The number of aromatic nitrogens is 3. The van der Waals surface area contributed by atoms with E-state index in [1.165, 1.54) is 25.7 Å². The van der Waals surface area contributed by atoms with Crippen LogP contribution in [0.15, 0.2) is 6.20 Å². The van der Waals surface area contributed by atoms with Crippen molar-refractivity contribution in [3.8, 4) is 0 Å². The first-order valence-corrected chi connectivity index (χ1v) is 8.47. The van der Waals surface area contributed by atoms with Gasteiger partial charge >= 0.3 is 0 Å². The molecule has 0 saturated carbocycles. The highest BCUT2D eigenvalue weighted by atomic mass is 16.5. The fraction of sp³-hybridized carbons (Fsp3) is 0.875. The van der Waals surface area contributed by atoms with E-state index in [0.29, 0.717) is 12.7 Å². The summed E-state index contributed by atoms with van der Waals surface area (Å²) in [6.45, 7) is 9.86. The zero-order valence-electron chi connectivity index (χ0n) is 14.0. The third kappa shape index (κ3) is 8.83. The van der Waals surface area contributed by atoms with Gasteiger partial charge < -0.3 is 10.1 Å². The molecule has 21 heavy (non-hydrogen) atoms. The summed E-state index contributed by atoms with van der Waals surface area (Å²) < 4.78 is 7.70. The average Bonchev–Trinajstić information content (AvgIpc) is 2.92. The van der Waals surface area contributed by atoms with Crippen LogP contribution >= 0.6 is 0 Å². The smallest absolute Gasteiger partial charge is 0.0964 e. The van der Waals surface area contributed by atoms with E-state index in [1.54, 1.807) is 0 Å². The van der Waals surface area contributed by atoms with E-state index >= 15 is 0 Å². The molecule has 1 aromatic rings. The zero-order chi connectivity index (χ0) is 15.3. The third-order valence-electron chi connectivity index (χ3n) is 3.51.